The number of halogens is 1. The minimum Gasteiger partial charge on any atom is -0.332 e. The van der Waals surface area contributed by atoms with Crippen LogP contribution in [0.3, 0.4) is 0 Å². The standard InChI is InChI=1S/C13H16ClN3/c1-17-12(9-2-4-15-5-3-9)7-10-6-11(14)8-16-13(10)17/h6-9,15H,2-5H2,1H3. The second-order valence-corrected chi connectivity index (χ2v) is 5.16. The van der Waals surface area contributed by atoms with Crippen LogP contribution < -0.4 is 5.32 Å². The molecule has 0 amide bonds. The number of pyridine rings is 1. The average Bonchev–Trinajstić information content (AvgIpc) is 2.67. The Hall–Kier alpha value is -1.06. The van der Waals surface area contributed by atoms with Gasteiger partial charge in [-0.2, -0.15) is 0 Å². The van der Waals surface area contributed by atoms with Crippen LogP contribution in [0.2, 0.25) is 5.02 Å². The fourth-order valence-electron chi connectivity index (χ4n) is 2.72. The zero-order chi connectivity index (χ0) is 11.8. The summed E-state index contributed by atoms with van der Waals surface area (Å²) in [6, 6.07) is 4.23. The molecule has 0 aromatic carbocycles. The Labute approximate surface area is 106 Å². The van der Waals surface area contributed by atoms with Crippen molar-refractivity contribution in [1.82, 2.24) is 14.9 Å². The molecule has 0 saturated carbocycles. The Balaban J connectivity index is 2.07. The van der Waals surface area contributed by atoms with E-state index in [0.29, 0.717) is 10.9 Å². The van der Waals surface area contributed by atoms with Crippen molar-refractivity contribution in [2.75, 3.05) is 13.1 Å². The Morgan fingerprint density at radius 2 is 2.12 bits per heavy atom. The van der Waals surface area contributed by atoms with E-state index in [4.69, 9.17) is 11.6 Å². The average molecular weight is 250 g/mol. The number of fused-ring (bicyclic) bond motifs is 1. The lowest BCUT2D eigenvalue weighted by atomic mass is 9.94. The molecule has 1 fully saturated rings. The van der Waals surface area contributed by atoms with Gasteiger partial charge in [-0.1, -0.05) is 11.6 Å². The minimum atomic E-state index is 0.647. The summed E-state index contributed by atoms with van der Waals surface area (Å²) in [5, 5.41) is 5.26. The van der Waals surface area contributed by atoms with Crippen molar-refractivity contribution < 1.29 is 0 Å². The largest absolute Gasteiger partial charge is 0.332 e. The van der Waals surface area contributed by atoms with E-state index in [-0.39, 0.29) is 0 Å². The van der Waals surface area contributed by atoms with E-state index in [2.05, 4.69) is 28.0 Å². The third-order valence-corrected chi connectivity index (χ3v) is 3.83. The lowest BCUT2D eigenvalue weighted by Crippen LogP contribution is -2.27. The quantitative estimate of drug-likeness (QED) is 0.842. The lowest BCUT2D eigenvalue weighted by molar-refractivity contribution is 0.446. The number of rotatable bonds is 1. The first kappa shape index (κ1) is 11.1. The van der Waals surface area contributed by atoms with Gasteiger partial charge in [-0.3, -0.25) is 0 Å². The Morgan fingerprint density at radius 3 is 2.88 bits per heavy atom. The fourth-order valence-corrected chi connectivity index (χ4v) is 2.89. The Morgan fingerprint density at radius 1 is 1.35 bits per heavy atom. The smallest absolute Gasteiger partial charge is 0.139 e. The molecule has 0 aliphatic carbocycles. The summed E-state index contributed by atoms with van der Waals surface area (Å²) in [6.07, 6.45) is 4.13. The van der Waals surface area contributed by atoms with E-state index >= 15 is 0 Å². The number of aryl methyl sites for hydroxylation is 1. The van der Waals surface area contributed by atoms with Crippen molar-refractivity contribution in [2.45, 2.75) is 18.8 Å². The minimum absolute atomic E-state index is 0.647. The van der Waals surface area contributed by atoms with Gasteiger partial charge >= 0.3 is 0 Å². The summed E-state index contributed by atoms with van der Waals surface area (Å²) < 4.78 is 2.21. The van der Waals surface area contributed by atoms with Crippen molar-refractivity contribution in [3.8, 4) is 0 Å². The van der Waals surface area contributed by atoms with Gasteiger partial charge in [0.25, 0.3) is 0 Å². The molecule has 2 aromatic rings. The van der Waals surface area contributed by atoms with Crippen molar-refractivity contribution >= 4 is 22.6 Å². The van der Waals surface area contributed by atoms with Gasteiger partial charge in [0, 0.05) is 30.2 Å². The third kappa shape index (κ3) is 1.94. The summed E-state index contributed by atoms with van der Waals surface area (Å²) in [4.78, 5) is 4.41. The number of aromatic nitrogens is 2. The van der Waals surface area contributed by atoms with Crippen LogP contribution in [-0.4, -0.2) is 22.6 Å². The molecule has 90 valence electrons. The number of piperidine rings is 1. The monoisotopic (exact) mass is 249 g/mol. The highest BCUT2D eigenvalue weighted by Crippen LogP contribution is 2.30. The van der Waals surface area contributed by atoms with Crippen LogP contribution in [0.4, 0.5) is 0 Å². The van der Waals surface area contributed by atoms with Crippen molar-refractivity contribution in [2.24, 2.45) is 7.05 Å². The molecular formula is C13H16ClN3. The molecular weight excluding hydrogens is 234 g/mol. The van der Waals surface area contributed by atoms with Gasteiger partial charge in [0.1, 0.15) is 5.65 Å². The number of hydrogen-bond donors (Lipinski definition) is 1. The van der Waals surface area contributed by atoms with Crippen molar-refractivity contribution in [3.05, 3.63) is 29.0 Å². The highest BCUT2D eigenvalue weighted by atomic mass is 35.5. The van der Waals surface area contributed by atoms with Crippen LogP contribution in [0.15, 0.2) is 18.3 Å². The van der Waals surface area contributed by atoms with Gasteiger partial charge in [0.05, 0.1) is 5.02 Å². The van der Waals surface area contributed by atoms with E-state index in [0.717, 1.165) is 24.1 Å². The van der Waals surface area contributed by atoms with Gasteiger partial charge in [-0.25, -0.2) is 4.98 Å². The van der Waals surface area contributed by atoms with Gasteiger partial charge in [0.2, 0.25) is 0 Å². The molecule has 3 rings (SSSR count). The normalized spacial score (nSPS) is 17.8. The lowest BCUT2D eigenvalue weighted by Gasteiger charge is -2.23. The zero-order valence-corrected chi connectivity index (χ0v) is 10.7. The van der Waals surface area contributed by atoms with Crippen LogP contribution in [-0.2, 0) is 7.05 Å². The molecule has 3 heterocycles. The Kier molecular flexibility index (Phi) is 2.81. The van der Waals surface area contributed by atoms with Crippen LogP contribution in [0.5, 0.6) is 0 Å². The molecule has 1 saturated heterocycles. The van der Waals surface area contributed by atoms with E-state index in [1.807, 2.05) is 6.07 Å². The second-order valence-electron chi connectivity index (χ2n) is 4.72. The summed E-state index contributed by atoms with van der Waals surface area (Å²) in [5.41, 5.74) is 2.42. The first-order valence-corrected chi connectivity index (χ1v) is 6.45. The van der Waals surface area contributed by atoms with Gasteiger partial charge in [-0.15, -0.1) is 0 Å². The number of nitrogens with zero attached hydrogens (tertiary/aromatic N) is 2. The summed E-state index contributed by atoms with van der Waals surface area (Å²) in [5.74, 6) is 0.647. The molecule has 0 radical (unpaired) electrons. The summed E-state index contributed by atoms with van der Waals surface area (Å²) in [7, 11) is 2.10. The summed E-state index contributed by atoms with van der Waals surface area (Å²) in [6.45, 7) is 2.22. The first-order chi connectivity index (χ1) is 8.25. The molecule has 0 bridgehead atoms. The molecule has 17 heavy (non-hydrogen) atoms. The van der Waals surface area contributed by atoms with Crippen LogP contribution in [0.1, 0.15) is 24.5 Å². The molecule has 1 aliphatic heterocycles. The molecule has 3 nitrogen and oxygen atoms in total. The predicted octanol–water partition coefficient (Wildman–Crippen LogP) is 2.69. The van der Waals surface area contributed by atoms with Gasteiger partial charge < -0.3 is 9.88 Å². The SMILES string of the molecule is Cn1c(C2CCNCC2)cc2cc(Cl)cnc21. The molecule has 1 aliphatic rings. The number of hydrogen-bond acceptors (Lipinski definition) is 2. The van der Waals surface area contributed by atoms with Crippen LogP contribution in [0.25, 0.3) is 11.0 Å². The molecule has 0 unspecified atom stereocenters. The fraction of sp³-hybridized carbons (Fsp3) is 0.462. The first-order valence-electron chi connectivity index (χ1n) is 6.07. The molecule has 4 heteroatoms. The second kappa shape index (κ2) is 4.31. The van der Waals surface area contributed by atoms with Gasteiger partial charge in [-0.05, 0) is 38.1 Å². The summed E-state index contributed by atoms with van der Waals surface area (Å²) >= 11 is 5.98. The zero-order valence-electron chi connectivity index (χ0n) is 9.91. The van der Waals surface area contributed by atoms with E-state index in [1.54, 1.807) is 6.20 Å². The van der Waals surface area contributed by atoms with Crippen molar-refractivity contribution in [1.29, 1.82) is 0 Å². The molecule has 0 atom stereocenters. The number of nitrogens with one attached hydrogen (secondary N) is 1. The third-order valence-electron chi connectivity index (χ3n) is 3.63. The van der Waals surface area contributed by atoms with Crippen molar-refractivity contribution in [3.63, 3.8) is 0 Å². The van der Waals surface area contributed by atoms with Gasteiger partial charge in [0.15, 0.2) is 0 Å². The highest BCUT2D eigenvalue weighted by molar-refractivity contribution is 6.31. The molecule has 0 spiro atoms. The van der Waals surface area contributed by atoms with Crippen LogP contribution in [0, 0.1) is 0 Å². The maximum absolute atomic E-state index is 5.98. The molecule has 2 aromatic heterocycles. The Bertz CT molecular complexity index is 541. The highest BCUT2D eigenvalue weighted by Gasteiger charge is 2.19. The van der Waals surface area contributed by atoms with E-state index in [1.165, 1.54) is 18.5 Å². The van der Waals surface area contributed by atoms with Crippen LogP contribution >= 0.6 is 11.6 Å². The van der Waals surface area contributed by atoms with E-state index < -0.39 is 0 Å². The topological polar surface area (TPSA) is 29.9 Å². The maximum atomic E-state index is 5.98. The predicted molar refractivity (Wildman–Crippen MR) is 70.6 cm³/mol. The maximum Gasteiger partial charge on any atom is 0.139 e. The molecule has 1 N–H and O–H groups in total. The van der Waals surface area contributed by atoms with E-state index in [9.17, 15) is 0 Å².